The number of hydrogen-bond donors (Lipinski definition) is 0. The summed E-state index contributed by atoms with van der Waals surface area (Å²) >= 11 is 0. The summed E-state index contributed by atoms with van der Waals surface area (Å²) in [4.78, 5) is 0. The molecule has 8 aromatic carbocycles. The lowest BCUT2D eigenvalue weighted by molar-refractivity contribution is 0.736. The fourth-order valence-electron chi connectivity index (χ4n) is 5.69. The third kappa shape index (κ3) is 67.6. The second-order valence-corrected chi connectivity index (χ2v) is 26.1. The molecule has 0 heterocycles. The van der Waals surface area contributed by atoms with E-state index >= 15 is 0 Å². The molecule has 0 atom stereocenters. The first-order valence-corrected chi connectivity index (χ1v) is 32.4. The van der Waals surface area contributed by atoms with E-state index in [9.17, 15) is 0 Å². The Balaban J connectivity index is -0.000000946. The van der Waals surface area contributed by atoms with Gasteiger partial charge in [0.2, 0.25) is 0 Å². The molecule has 0 nitrogen and oxygen atoms in total. The van der Waals surface area contributed by atoms with Gasteiger partial charge in [-0.3, -0.25) is 0 Å². The van der Waals surface area contributed by atoms with Gasteiger partial charge >= 0.3 is 0 Å². The van der Waals surface area contributed by atoms with Crippen molar-refractivity contribution in [3.05, 3.63) is 276 Å². The molecule has 0 N–H and O–H groups in total. The van der Waals surface area contributed by atoms with Gasteiger partial charge in [0, 0.05) is 22.6 Å². The van der Waals surface area contributed by atoms with Crippen molar-refractivity contribution in [2.75, 3.05) is 0 Å². The van der Waals surface area contributed by atoms with E-state index in [0.717, 1.165) is 71.0 Å². The second-order valence-electron chi connectivity index (χ2n) is 26.1. The average molecular weight is 1170 g/mol. The lowest BCUT2D eigenvalue weighted by Gasteiger charge is -2.01. The summed E-state index contributed by atoms with van der Waals surface area (Å²) in [6.45, 7) is 49.7. The Kier molecular flexibility index (Phi) is 55.6. The summed E-state index contributed by atoms with van der Waals surface area (Å²) in [5, 5.41) is 0. The number of rotatable bonds is 6. The minimum atomic E-state index is 0.420. The highest BCUT2D eigenvalue weighted by molar-refractivity contribution is 5.69. The second kappa shape index (κ2) is 57.7. The SMILES string of the molecule is C(#Cc1ccccc1)c1ccccc1.C(=Cc1ccccc1)c1ccccc1.CC(C)C.CC(C)C.CC(C)C.CC(C)C.CC(C)C.CC(C)C.CC(C)C.CC(C)C#Cc1ccc(-c2ccccc2)cc1.c1ccc(CCc2ccccc2)cc1. The molecule has 0 saturated carbocycles. The molecule has 0 spiro atoms. The molecule has 0 aliphatic carbocycles. The molecule has 0 saturated heterocycles. The molecular formula is C87H122. The Morgan fingerprint density at radius 2 is 0.437 bits per heavy atom. The third-order valence-corrected chi connectivity index (χ3v) is 8.85. The zero-order valence-electron chi connectivity index (χ0n) is 59.2. The van der Waals surface area contributed by atoms with Gasteiger partial charge in [0.05, 0.1) is 0 Å². The molecule has 8 aromatic rings. The number of hydrogen-bond acceptors (Lipinski definition) is 0. The van der Waals surface area contributed by atoms with Crippen molar-refractivity contribution in [3.8, 4) is 34.8 Å². The largest absolute Gasteiger partial charge is 0.0951 e. The molecule has 0 aliphatic rings. The highest BCUT2D eigenvalue weighted by Gasteiger charge is 1.96. The topological polar surface area (TPSA) is 0 Å². The van der Waals surface area contributed by atoms with Gasteiger partial charge in [-0.05, 0) is 124 Å². The van der Waals surface area contributed by atoms with Crippen molar-refractivity contribution in [2.45, 2.75) is 172 Å². The predicted octanol–water partition coefficient (Wildman–Crippen LogP) is 26.4. The minimum absolute atomic E-state index is 0.420. The summed E-state index contributed by atoms with van der Waals surface area (Å²) in [6, 6.07) is 80.7. The summed E-state index contributed by atoms with van der Waals surface area (Å²) in [6.07, 6.45) is 6.50. The first-order chi connectivity index (χ1) is 41.2. The predicted molar refractivity (Wildman–Crippen MR) is 398 cm³/mol. The smallest absolute Gasteiger partial charge is 0.0249 e. The zero-order valence-corrected chi connectivity index (χ0v) is 59.2. The first-order valence-electron chi connectivity index (χ1n) is 32.4. The van der Waals surface area contributed by atoms with E-state index in [-0.39, 0.29) is 0 Å². The monoisotopic (exact) mass is 1170 g/mol. The normalized spacial score (nSPS) is 9.55. The minimum Gasteiger partial charge on any atom is -0.0951 e. The third-order valence-electron chi connectivity index (χ3n) is 8.85. The Hall–Kier alpha value is -7.38. The van der Waals surface area contributed by atoms with E-state index in [4.69, 9.17) is 0 Å². The van der Waals surface area contributed by atoms with Crippen LogP contribution in [0.2, 0.25) is 0 Å². The Bertz CT molecular complexity index is 2610. The molecular weight excluding hydrogens is 1040 g/mol. The zero-order chi connectivity index (χ0) is 66.0. The maximum atomic E-state index is 3.17. The Labute approximate surface area is 538 Å². The fraction of sp³-hybridized carbons (Fsp3) is 0.379. The van der Waals surface area contributed by atoms with Gasteiger partial charge in [-0.2, -0.15) is 0 Å². The van der Waals surface area contributed by atoms with Crippen LogP contribution in [-0.2, 0) is 12.8 Å². The van der Waals surface area contributed by atoms with Crippen LogP contribution in [0.15, 0.2) is 237 Å². The van der Waals surface area contributed by atoms with Crippen molar-refractivity contribution in [3.63, 3.8) is 0 Å². The highest BCUT2D eigenvalue weighted by Crippen LogP contribution is 2.19. The molecule has 0 radical (unpaired) electrons. The molecule has 470 valence electrons. The summed E-state index contributed by atoms with van der Waals surface area (Å²) < 4.78 is 0. The maximum Gasteiger partial charge on any atom is 0.0249 e. The van der Waals surface area contributed by atoms with Gasteiger partial charge in [0.25, 0.3) is 0 Å². The van der Waals surface area contributed by atoms with Crippen LogP contribution >= 0.6 is 0 Å². The van der Waals surface area contributed by atoms with Crippen LogP contribution in [0.1, 0.15) is 198 Å². The molecule has 0 amide bonds. The van der Waals surface area contributed by atoms with Crippen molar-refractivity contribution in [2.24, 2.45) is 47.3 Å². The molecule has 0 unspecified atom stereocenters. The van der Waals surface area contributed by atoms with Gasteiger partial charge < -0.3 is 0 Å². The van der Waals surface area contributed by atoms with Crippen LogP contribution in [0.25, 0.3) is 23.3 Å². The van der Waals surface area contributed by atoms with E-state index in [1.165, 1.54) is 33.4 Å². The van der Waals surface area contributed by atoms with Crippen molar-refractivity contribution < 1.29 is 0 Å². The molecule has 0 fully saturated rings. The van der Waals surface area contributed by atoms with E-state index < -0.39 is 0 Å². The van der Waals surface area contributed by atoms with Crippen molar-refractivity contribution in [1.29, 1.82) is 0 Å². The molecule has 8 rings (SSSR count). The maximum absolute atomic E-state index is 3.17. The van der Waals surface area contributed by atoms with E-state index in [0.29, 0.717) is 5.92 Å². The summed E-state index contributed by atoms with van der Waals surface area (Å²) in [5.41, 5.74) is 11.0. The molecule has 0 bridgehead atoms. The lowest BCUT2D eigenvalue weighted by atomic mass is 10.0. The Morgan fingerprint density at radius 1 is 0.230 bits per heavy atom. The van der Waals surface area contributed by atoms with Gasteiger partial charge in [-0.1, -0.05) is 395 Å². The van der Waals surface area contributed by atoms with Gasteiger partial charge in [0.1, 0.15) is 0 Å². The number of benzene rings is 8. The standard InChI is InChI=1S/C17H16.C14H14.C14H12.C14H10.7C4H10/c1-14(2)8-9-15-10-12-17(13-11-15)16-6-4-3-5-7-16;3*1-3-7-13(8-4-1)11-12-14-9-5-2-6-10-14;7*1-4(2)3/h3-7,10-14H,1-2H3;1-10H,11-12H2;1-12H;1-10H;7*4H,1-3H3. The van der Waals surface area contributed by atoms with Gasteiger partial charge in [-0.25, -0.2) is 0 Å². The van der Waals surface area contributed by atoms with Crippen LogP contribution in [0.3, 0.4) is 0 Å². The number of aryl methyl sites for hydroxylation is 2. The molecule has 87 heavy (non-hydrogen) atoms. The first kappa shape index (κ1) is 83.8. The van der Waals surface area contributed by atoms with Gasteiger partial charge in [-0.15, -0.1) is 0 Å². The quantitative estimate of drug-likeness (QED) is 0.115. The summed E-state index contributed by atoms with van der Waals surface area (Å²) in [5.74, 6) is 18.8. The Morgan fingerprint density at radius 3 is 0.690 bits per heavy atom. The average Bonchev–Trinajstić information content (AvgIpc) is 3.60. The highest BCUT2D eigenvalue weighted by atomic mass is 14.0. The fourth-order valence-corrected chi connectivity index (χ4v) is 5.69. The molecule has 0 aliphatic heterocycles. The van der Waals surface area contributed by atoms with Crippen molar-refractivity contribution in [1.82, 2.24) is 0 Å². The van der Waals surface area contributed by atoms with Crippen LogP contribution in [-0.4, -0.2) is 0 Å². The molecule has 0 aromatic heterocycles. The van der Waals surface area contributed by atoms with Crippen LogP contribution in [0, 0.1) is 71.0 Å². The summed E-state index contributed by atoms with van der Waals surface area (Å²) in [7, 11) is 0. The molecule has 0 heteroatoms. The van der Waals surface area contributed by atoms with Crippen LogP contribution in [0.5, 0.6) is 0 Å². The van der Waals surface area contributed by atoms with Crippen LogP contribution in [0.4, 0.5) is 0 Å². The van der Waals surface area contributed by atoms with E-state index in [1.807, 2.05) is 103 Å². The van der Waals surface area contributed by atoms with Crippen molar-refractivity contribution >= 4 is 12.2 Å². The van der Waals surface area contributed by atoms with Gasteiger partial charge in [0.15, 0.2) is 0 Å². The lowest BCUT2D eigenvalue weighted by Crippen LogP contribution is -1.89. The van der Waals surface area contributed by atoms with E-state index in [2.05, 4.69) is 329 Å². The van der Waals surface area contributed by atoms with E-state index in [1.54, 1.807) is 0 Å². The van der Waals surface area contributed by atoms with Crippen LogP contribution < -0.4 is 0 Å².